The van der Waals surface area contributed by atoms with Crippen molar-refractivity contribution in [1.82, 2.24) is 0 Å². The SMILES string of the molecule is N#Cc1c(N)[nH+]c2sc(C(=O)Nc3ccc(Br)cc3)c(N)c2c1-c1cccs1. The first-order chi connectivity index (χ1) is 13.5. The van der Waals surface area contributed by atoms with Crippen molar-refractivity contribution in [2.45, 2.75) is 0 Å². The number of anilines is 3. The highest BCUT2D eigenvalue weighted by Gasteiger charge is 2.27. The molecule has 3 heterocycles. The molecule has 1 aromatic carbocycles. The molecule has 0 atom stereocenters. The molecule has 0 spiro atoms. The Hall–Kier alpha value is -2.93. The number of thiophene rings is 2. The molecule has 0 saturated heterocycles. The van der Waals surface area contributed by atoms with Crippen LogP contribution in [-0.2, 0) is 0 Å². The third-order valence-electron chi connectivity index (χ3n) is 4.15. The lowest BCUT2D eigenvalue weighted by Gasteiger charge is -2.06. The number of amides is 1. The Morgan fingerprint density at radius 3 is 2.61 bits per heavy atom. The number of hydrogen-bond acceptors (Lipinski definition) is 6. The molecule has 138 valence electrons. The molecule has 0 aliphatic carbocycles. The molecule has 0 bridgehead atoms. The van der Waals surface area contributed by atoms with Gasteiger partial charge in [0.05, 0.1) is 11.1 Å². The van der Waals surface area contributed by atoms with Crippen LogP contribution >= 0.6 is 38.6 Å². The first kappa shape index (κ1) is 18.4. The average Bonchev–Trinajstić information content (AvgIpc) is 3.31. The van der Waals surface area contributed by atoms with Crippen LogP contribution in [0.3, 0.4) is 0 Å². The molecular formula is C19H13BrN5OS2+. The van der Waals surface area contributed by atoms with Crippen LogP contribution in [-0.4, -0.2) is 5.91 Å². The van der Waals surface area contributed by atoms with E-state index in [0.717, 1.165) is 9.35 Å². The van der Waals surface area contributed by atoms with E-state index in [4.69, 9.17) is 11.5 Å². The molecule has 4 rings (SSSR count). The Balaban J connectivity index is 1.87. The highest BCUT2D eigenvalue weighted by molar-refractivity contribution is 9.10. The highest BCUT2D eigenvalue weighted by atomic mass is 79.9. The fourth-order valence-electron chi connectivity index (χ4n) is 2.90. The number of hydrogen-bond donors (Lipinski definition) is 3. The summed E-state index contributed by atoms with van der Waals surface area (Å²) in [5, 5.41) is 15.0. The van der Waals surface area contributed by atoms with Gasteiger partial charge in [0.2, 0.25) is 0 Å². The maximum absolute atomic E-state index is 12.8. The van der Waals surface area contributed by atoms with Gasteiger partial charge in [-0.25, -0.2) is 4.98 Å². The van der Waals surface area contributed by atoms with Gasteiger partial charge in [0.15, 0.2) is 10.4 Å². The Morgan fingerprint density at radius 2 is 1.96 bits per heavy atom. The zero-order chi connectivity index (χ0) is 19.8. The van der Waals surface area contributed by atoms with Gasteiger partial charge in [-0.1, -0.05) is 33.3 Å². The molecule has 28 heavy (non-hydrogen) atoms. The number of nitrogen functional groups attached to an aromatic ring is 2. The summed E-state index contributed by atoms with van der Waals surface area (Å²) in [5.41, 5.74) is 14.4. The zero-order valence-corrected chi connectivity index (χ0v) is 17.5. The van der Waals surface area contributed by atoms with Gasteiger partial charge >= 0.3 is 0 Å². The zero-order valence-electron chi connectivity index (χ0n) is 14.2. The molecule has 0 fully saturated rings. The van der Waals surface area contributed by atoms with Crippen molar-refractivity contribution < 1.29 is 9.78 Å². The number of rotatable bonds is 3. The summed E-state index contributed by atoms with van der Waals surface area (Å²) in [4.78, 5) is 17.7. The summed E-state index contributed by atoms with van der Waals surface area (Å²) >= 11 is 6.06. The lowest BCUT2D eigenvalue weighted by Crippen LogP contribution is -2.13. The van der Waals surface area contributed by atoms with Gasteiger partial charge in [0.25, 0.3) is 11.7 Å². The lowest BCUT2D eigenvalue weighted by molar-refractivity contribution is -0.323. The standard InChI is InChI=1S/C19H12BrN5OS2/c20-9-3-5-10(6-4-9)24-18(26)16-15(22)14-13(12-2-1-7-27-12)11(8-21)17(23)25-19(14)28-16/h1-7H,22H2,(H2,23,25)(H,24,26)/p+1. The summed E-state index contributed by atoms with van der Waals surface area (Å²) < 4.78 is 0.918. The largest absolute Gasteiger partial charge is 0.397 e. The Morgan fingerprint density at radius 1 is 1.21 bits per heavy atom. The minimum Gasteiger partial charge on any atom is -0.397 e. The molecule has 6 N–H and O–H groups in total. The van der Waals surface area contributed by atoms with Gasteiger partial charge in [0.1, 0.15) is 10.9 Å². The Bertz CT molecular complexity index is 1240. The third-order valence-corrected chi connectivity index (χ3v) is 6.69. The molecule has 4 aromatic rings. The van der Waals surface area contributed by atoms with E-state index in [9.17, 15) is 10.1 Å². The van der Waals surface area contributed by atoms with Crippen molar-refractivity contribution in [2.75, 3.05) is 16.8 Å². The molecule has 0 radical (unpaired) electrons. The maximum Gasteiger partial charge on any atom is 0.290 e. The topological polar surface area (TPSA) is 119 Å². The summed E-state index contributed by atoms with van der Waals surface area (Å²) in [6, 6.07) is 13.2. The second-order valence-electron chi connectivity index (χ2n) is 5.89. The summed E-state index contributed by atoms with van der Waals surface area (Å²) in [7, 11) is 0. The Labute approximate surface area is 176 Å². The predicted octanol–water partition coefficient (Wildman–Crippen LogP) is 4.49. The normalized spacial score (nSPS) is 10.7. The van der Waals surface area contributed by atoms with E-state index in [1.165, 1.54) is 22.7 Å². The second kappa shape index (κ2) is 7.24. The number of nitrogens with two attached hydrogens (primary N) is 2. The van der Waals surface area contributed by atoms with Gasteiger partial charge in [0, 0.05) is 20.6 Å². The number of halogens is 1. The molecule has 0 saturated carbocycles. The number of pyridine rings is 1. The lowest BCUT2D eigenvalue weighted by atomic mass is 10.0. The summed E-state index contributed by atoms with van der Waals surface area (Å²) in [5.74, 6) is -0.0665. The van der Waals surface area contributed by atoms with Gasteiger partial charge < -0.3 is 11.1 Å². The number of aromatic nitrogens is 1. The number of nitriles is 1. The number of carbonyl (C=O) groups excluding carboxylic acids is 1. The minimum atomic E-state index is -0.316. The molecule has 9 heteroatoms. The first-order valence-electron chi connectivity index (χ1n) is 8.07. The molecular weight excluding hydrogens is 458 g/mol. The molecule has 0 aliphatic heterocycles. The van der Waals surface area contributed by atoms with Crippen molar-refractivity contribution in [3.05, 3.63) is 56.7 Å². The summed E-state index contributed by atoms with van der Waals surface area (Å²) in [6.45, 7) is 0. The highest BCUT2D eigenvalue weighted by Crippen LogP contribution is 2.42. The Kier molecular flexibility index (Phi) is 4.77. The second-order valence-corrected chi connectivity index (χ2v) is 8.77. The van der Waals surface area contributed by atoms with Gasteiger partial charge in [-0.2, -0.15) is 5.26 Å². The number of H-pyrrole nitrogens is 1. The van der Waals surface area contributed by atoms with Crippen LogP contribution in [0, 0.1) is 11.3 Å². The van der Waals surface area contributed by atoms with Gasteiger partial charge in [-0.15, -0.1) is 11.3 Å². The molecule has 0 unspecified atom stereocenters. The van der Waals surface area contributed by atoms with Crippen molar-refractivity contribution >= 4 is 71.9 Å². The number of aromatic amines is 1. The fourth-order valence-corrected chi connectivity index (χ4v) is 4.98. The van der Waals surface area contributed by atoms with E-state index in [-0.39, 0.29) is 11.7 Å². The van der Waals surface area contributed by atoms with E-state index < -0.39 is 0 Å². The van der Waals surface area contributed by atoms with Crippen LogP contribution in [0.1, 0.15) is 15.2 Å². The molecule has 1 amide bonds. The van der Waals surface area contributed by atoms with E-state index >= 15 is 0 Å². The number of carbonyl (C=O) groups is 1. The van der Waals surface area contributed by atoms with E-state index in [1.807, 2.05) is 29.6 Å². The average molecular weight is 471 g/mol. The quantitative estimate of drug-likeness (QED) is 0.408. The number of benzene rings is 1. The summed E-state index contributed by atoms with van der Waals surface area (Å²) in [6.07, 6.45) is 0. The molecule has 6 nitrogen and oxygen atoms in total. The van der Waals surface area contributed by atoms with Crippen LogP contribution in [0.15, 0.2) is 46.3 Å². The van der Waals surface area contributed by atoms with Crippen LogP contribution in [0.5, 0.6) is 0 Å². The van der Waals surface area contributed by atoms with Crippen molar-refractivity contribution in [1.29, 1.82) is 5.26 Å². The van der Waals surface area contributed by atoms with E-state index in [1.54, 1.807) is 12.1 Å². The number of fused-ring (bicyclic) bond motifs is 1. The smallest absolute Gasteiger partial charge is 0.290 e. The van der Waals surface area contributed by atoms with Crippen molar-refractivity contribution in [2.24, 2.45) is 0 Å². The molecule has 3 aromatic heterocycles. The minimum absolute atomic E-state index is 0.250. The van der Waals surface area contributed by atoms with E-state index in [0.29, 0.717) is 37.6 Å². The fraction of sp³-hybridized carbons (Fsp3) is 0. The molecule has 0 aliphatic rings. The number of nitrogens with zero attached hydrogens (tertiary/aromatic N) is 1. The van der Waals surface area contributed by atoms with Crippen LogP contribution in [0.4, 0.5) is 17.2 Å². The van der Waals surface area contributed by atoms with Crippen molar-refractivity contribution in [3.8, 4) is 16.5 Å². The number of nitrogens with one attached hydrogen (secondary N) is 2. The van der Waals surface area contributed by atoms with Gasteiger partial charge in [-0.3, -0.25) is 10.5 Å². The third kappa shape index (κ3) is 3.11. The monoisotopic (exact) mass is 470 g/mol. The van der Waals surface area contributed by atoms with Crippen LogP contribution in [0.2, 0.25) is 0 Å². The van der Waals surface area contributed by atoms with Crippen LogP contribution in [0.25, 0.3) is 20.7 Å². The van der Waals surface area contributed by atoms with Gasteiger partial charge in [-0.05, 0) is 35.7 Å². The first-order valence-corrected chi connectivity index (χ1v) is 10.6. The maximum atomic E-state index is 12.8. The van der Waals surface area contributed by atoms with Crippen molar-refractivity contribution in [3.63, 3.8) is 0 Å². The van der Waals surface area contributed by atoms with E-state index in [2.05, 4.69) is 32.3 Å². The predicted molar refractivity (Wildman–Crippen MR) is 117 cm³/mol. The van der Waals surface area contributed by atoms with Crippen LogP contribution < -0.4 is 21.8 Å².